The topological polar surface area (TPSA) is 67.3 Å². The van der Waals surface area contributed by atoms with E-state index in [2.05, 4.69) is 20.2 Å². The Morgan fingerprint density at radius 3 is 2.85 bits per heavy atom. The second-order valence-electron chi connectivity index (χ2n) is 5.19. The largest absolute Gasteiger partial charge is 0.383 e. The first-order valence-electron chi connectivity index (χ1n) is 7.01. The lowest BCUT2D eigenvalue weighted by molar-refractivity contribution is -0.126. The molecule has 1 aliphatic heterocycles. The summed E-state index contributed by atoms with van der Waals surface area (Å²) in [6.45, 7) is 4.19. The highest BCUT2D eigenvalue weighted by atomic mass is 16.5. The predicted molar refractivity (Wildman–Crippen MR) is 76.4 cm³/mol. The zero-order chi connectivity index (χ0) is 14.4. The lowest BCUT2D eigenvalue weighted by atomic mass is 9.95. The lowest BCUT2D eigenvalue weighted by Crippen LogP contribution is -2.44. The van der Waals surface area contributed by atoms with Crippen LogP contribution in [0.1, 0.15) is 19.8 Å². The number of amides is 1. The molecule has 2 rings (SSSR count). The van der Waals surface area contributed by atoms with Gasteiger partial charge >= 0.3 is 0 Å². The van der Waals surface area contributed by atoms with Crippen molar-refractivity contribution in [3.63, 3.8) is 0 Å². The highest BCUT2D eigenvalue weighted by Crippen LogP contribution is 2.21. The number of nitrogens with zero attached hydrogens (tertiary/aromatic N) is 3. The van der Waals surface area contributed by atoms with Crippen LogP contribution in [-0.2, 0) is 9.53 Å². The Balaban J connectivity index is 1.80. The van der Waals surface area contributed by atoms with Crippen LogP contribution in [0.3, 0.4) is 0 Å². The summed E-state index contributed by atoms with van der Waals surface area (Å²) in [6, 6.07) is 0.0607. The van der Waals surface area contributed by atoms with Gasteiger partial charge in [0, 0.05) is 44.6 Å². The van der Waals surface area contributed by atoms with Crippen molar-refractivity contribution in [2.24, 2.45) is 5.92 Å². The zero-order valence-corrected chi connectivity index (χ0v) is 12.1. The number of ether oxygens (including phenoxy) is 1. The van der Waals surface area contributed by atoms with Gasteiger partial charge < -0.3 is 15.0 Å². The fourth-order valence-electron chi connectivity index (χ4n) is 2.48. The second-order valence-corrected chi connectivity index (χ2v) is 5.19. The summed E-state index contributed by atoms with van der Waals surface area (Å²) in [5.41, 5.74) is 0. The molecule has 0 bridgehead atoms. The van der Waals surface area contributed by atoms with Crippen LogP contribution in [0, 0.1) is 5.92 Å². The molecule has 1 aliphatic rings. The van der Waals surface area contributed by atoms with Crippen LogP contribution in [0.5, 0.6) is 0 Å². The van der Waals surface area contributed by atoms with Gasteiger partial charge in [-0.05, 0) is 19.8 Å². The summed E-state index contributed by atoms with van der Waals surface area (Å²) in [5, 5.41) is 2.99. The fraction of sp³-hybridized carbons (Fsp3) is 0.643. The van der Waals surface area contributed by atoms with E-state index in [4.69, 9.17) is 4.74 Å². The molecule has 0 aromatic carbocycles. The van der Waals surface area contributed by atoms with E-state index in [1.54, 1.807) is 25.7 Å². The average Bonchev–Trinajstić information content (AvgIpc) is 2.48. The monoisotopic (exact) mass is 278 g/mol. The maximum Gasteiger partial charge on any atom is 0.223 e. The quantitative estimate of drug-likeness (QED) is 0.864. The van der Waals surface area contributed by atoms with Crippen LogP contribution in [0.15, 0.2) is 18.6 Å². The van der Waals surface area contributed by atoms with Crippen molar-refractivity contribution in [1.29, 1.82) is 0 Å². The summed E-state index contributed by atoms with van der Waals surface area (Å²) in [4.78, 5) is 22.7. The number of anilines is 1. The van der Waals surface area contributed by atoms with Gasteiger partial charge in [0.05, 0.1) is 12.8 Å². The molecular formula is C14H22N4O2. The molecule has 1 N–H and O–H groups in total. The smallest absolute Gasteiger partial charge is 0.223 e. The van der Waals surface area contributed by atoms with Crippen molar-refractivity contribution >= 4 is 11.7 Å². The molecule has 1 amide bonds. The Kier molecular flexibility index (Phi) is 5.29. The summed E-state index contributed by atoms with van der Waals surface area (Å²) >= 11 is 0. The number of rotatable bonds is 5. The number of aromatic nitrogens is 2. The van der Waals surface area contributed by atoms with Gasteiger partial charge in [-0.15, -0.1) is 0 Å². The van der Waals surface area contributed by atoms with Crippen molar-refractivity contribution in [3.8, 4) is 0 Å². The summed E-state index contributed by atoms with van der Waals surface area (Å²) < 4.78 is 5.03. The summed E-state index contributed by atoms with van der Waals surface area (Å²) in [5.74, 6) is 1.11. The predicted octanol–water partition coefficient (Wildman–Crippen LogP) is 0.844. The third-order valence-corrected chi connectivity index (χ3v) is 3.54. The highest BCUT2D eigenvalue weighted by molar-refractivity contribution is 5.79. The molecule has 6 heteroatoms. The lowest BCUT2D eigenvalue weighted by Gasteiger charge is -2.32. The molecule has 1 atom stereocenters. The van der Waals surface area contributed by atoms with Crippen molar-refractivity contribution in [2.45, 2.75) is 25.8 Å². The van der Waals surface area contributed by atoms with Gasteiger partial charge in [0.25, 0.3) is 0 Å². The first kappa shape index (κ1) is 14.7. The van der Waals surface area contributed by atoms with Crippen LogP contribution < -0.4 is 10.2 Å². The summed E-state index contributed by atoms with van der Waals surface area (Å²) in [7, 11) is 1.64. The van der Waals surface area contributed by atoms with Crippen LogP contribution in [-0.4, -0.2) is 48.7 Å². The van der Waals surface area contributed by atoms with Crippen LogP contribution >= 0.6 is 0 Å². The molecule has 2 heterocycles. The van der Waals surface area contributed by atoms with E-state index in [0.29, 0.717) is 6.61 Å². The van der Waals surface area contributed by atoms with Crippen LogP contribution in [0.4, 0.5) is 5.82 Å². The minimum absolute atomic E-state index is 0.0607. The molecule has 0 saturated carbocycles. The third-order valence-electron chi connectivity index (χ3n) is 3.54. The number of carbonyl (C=O) groups excluding carboxylic acids is 1. The van der Waals surface area contributed by atoms with E-state index in [1.807, 2.05) is 6.92 Å². The maximum absolute atomic E-state index is 12.1. The number of hydrogen-bond acceptors (Lipinski definition) is 5. The molecule has 0 radical (unpaired) electrons. The Morgan fingerprint density at radius 2 is 2.25 bits per heavy atom. The Bertz CT molecular complexity index is 418. The Labute approximate surface area is 119 Å². The molecule has 0 spiro atoms. The van der Waals surface area contributed by atoms with Gasteiger partial charge in [-0.25, -0.2) is 4.98 Å². The van der Waals surface area contributed by atoms with Gasteiger partial charge in [-0.1, -0.05) is 0 Å². The third kappa shape index (κ3) is 3.90. The first-order chi connectivity index (χ1) is 9.70. The van der Waals surface area contributed by atoms with Crippen molar-refractivity contribution < 1.29 is 9.53 Å². The van der Waals surface area contributed by atoms with Crippen molar-refractivity contribution in [1.82, 2.24) is 15.3 Å². The number of piperidine rings is 1. The molecular weight excluding hydrogens is 256 g/mol. The first-order valence-corrected chi connectivity index (χ1v) is 7.01. The van der Waals surface area contributed by atoms with Gasteiger partial charge in [0.2, 0.25) is 5.91 Å². The van der Waals surface area contributed by atoms with Gasteiger partial charge in [0.15, 0.2) is 0 Å². The van der Waals surface area contributed by atoms with Crippen molar-refractivity contribution in [2.75, 3.05) is 31.7 Å². The zero-order valence-electron chi connectivity index (χ0n) is 12.1. The average molecular weight is 278 g/mol. The molecule has 110 valence electrons. The van der Waals surface area contributed by atoms with Gasteiger partial charge in [-0.2, -0.15) is 0 Å². The van der Waals surface area contributed by atoms with Crippen molar-refractivity contribution in [3.05, 3.63) is 18.6 Å². The molecule has 1 aromatic rings. The van der Waals surface area contributed by atoms with E-state index in [-0.39, 0.29) is 17.9 Å². The fourth-order valence-corrected chi connectivity index (χ4v) is 2.48. The number of methoxy groups -OCH3 is 1. The van der Waals surface area contributed by atoms with Crippen LogP contribution in [0.2, 0.25) is 0 Å². The molecule has 1 aromatic heterocycles. The number of carbonyl (C=O) groups is 1. The van der Waals surface area contributed by atoms with E-state index >= 15 is 0 Å². The SMILES string of the molecule is COCC(C)NC(=O)C1CCN(c2cnccn2)CC1. The van der Waals surface area contributed by atoms with E-state index in [1.165, 1.54) is 0 Å². The Morgan fingerprint density at radius 1 is 1.50 bits per heavy atom. The standard InChI is InChI=1S/C14H22N4O2/c1-11(10-20-2)17-14(19)12-3-7-18(8-4-12)13-9-15-5-6-16-13/h5-6,9,11-12H,3-4,7-8,10H2,1-2H3,(H,17,19). The molecule has 1 fully saturated rings. The minimum atomic E-state index is 0.0607. The molecule has 20 heavy (non-hydrogen) atoms. The molecule has 1 unspecified atom stereocenters. The molecule has 1 saturated heterocycles. The highest BCUT2D eigenvalue weighted by Gasteiger charge is 2.26. The van der Waals surface area contributed by atoms with Gasteiger partial charge in [-0.3, -0.25) is 9.78 Å². The maximum atomic E-state index is 12.1. The van der Waals surface area contributed by atoms with E-state index < -0.39 is 0 Å². The number of hydrogen-bond donors (Lipinski definition) is 1. The molecule has 0 aliphatic carbocycles. The molecule has 6 nitrogen and oxygen atoms in total. The Hall–Kier alpha value is -1.69. The minimum Gasteiger partial charge on any atom is -0.383 e. The van der Waals surface area contributed by atoms with E-state index in [0.717, 1.165) is 31.7 Å². The van der Waals surface area contributed by atoms with Crippen LogP contribution in [0.25, 0.3) is 0 Å². The normalized spacial score (nSPS) is 17.8. The number of nitrogens with one attached hydrogen (secondary N) is 1. The van der Waals surface area contributed by atoms with E-state index in [9.17, 15) is 4.79 Å². The second kappa shape index (κ2) is 7.19. The van der Waals surface area contributed by atoms with Gasteiger partial charge in [0.1, 0.15) is 5.82 Å². The summed E-state index contributed by atoms with van der Waals surface area (Å²) in [6.07, 6.45) is 6.83.